The molecule has 4 aromatic rings. The van der Waals surface area contributed by atoms with Crippen LogP contribution < -0.4 is 5.32 Å². The molecule has 0 saturated carbocycles. The van der Waals surface area contributed by atoms with E-state index in [9.17, 15) is 4.79 Å². The number of para-hydroxylation sites is 2. The number of nitrogens with zero attached hydrogens (tertiary/aromatic N) is 1. The smallest absolute Gasteiger partial charge is 0.220 e. The van der Waals surface area contributed by atoms with Crippen molar-refractivity contribution in [2.75, 3.05) is 6.54 Å². The van der Waals surface area contributed by atoms with Crippen molar-refractivity contribution < 1.29 is 4.79 Å². The molecule has 3 aromatic carbocycles. The van der Waals surface area contributed by atoms with Crippen molar-refractivity contribution in [2.24, 2.45) is 0 Å². The molecule has 1 aromatic heterocycles. The van der Waals surface area contributed by atoms with Gasteiger partial charge in [-0.25, -0.2) is 4.98 Å². The Balaban J connectivity index is 1.39. The largest absolute Gasteiger partial charge is 0.356 e. The Bertz CT molecular complexity index is 969. The number of nitrogens with one attached hydrogen (secondary N) is 2. The fourth-order valence-corrected chi connectivity index (χ4v) is 3.50. The summed E-state index contributed by atoms with van der Waals surface area (Å²) in [7, 11) is 0. The minimum absolute atomic E-state index is 0.0496. The molecule has 1 amide bonds. The summed E-state index contributed by atoms with van der Waals surface area (Å²) in [5, 5.41) is 3.05. The van der Waals surface area contributed by atoms with Gasteiger partial charge in [-0.1, -0.05) is 72.8 Å². The van der Waals surface area contributed by atoms with E-state index in [4.69, 9.17) is 0 Å². The first kappa shape index (κ1) is 18.0. The predicted molar refractivity (Wildman–Crippen MR) is 112 cm³/mol. The van der Waals surface area contributed by atoms with E-state index in [1.165, 1.54) is 0 Å². The van der Waals surface area contributed by atoms with Crippen LogP contribution in [0.25, 0.3) is 11.0 Å². The normalized spacial score (nSPS) is 11.0. The summed E-state index contributed by atoms with van der Waals surface area (Å²) in [6.45, 7) is 0.564. The van der Waals surface area contributed by atoms with E-state index in [1.807, 2.05) is 60.7 Å². The Morgan fingerprint density at radius 1 is 0.857 bits per heavy atom. The minimum Gasteiger partial charge on any atom is -0.356 e. The number of rotatable bonds is 7. The standard InChI is InChI=1S/C24H23N3O/c28-24(25-16-15-23-26-21-13-7-8-14-22(21)27-23)17-20(18-9-3-1-4-10-18)19-11-5-2-6-12-19/h1-14,20H,15-17H2,(H,25,28)(H,26,27). The van der Waals surface area contributed by atoms with E-state index in [0.717, 1.165) is 28.0 Å². The summed E-state index contributed by atoms with van der Waals surface area (Å²) in [4.78, 5) is 20.5. The van der Waals surface area contributed by atoms with Gasteiger partial charge in [0.15, 0.2) is 0 Å². The number of imidazole rings is 1. The summed E-state index contributed by atoms with van der Waals surface area (Å²) in [6.07, 6.45) is 1.11. The summed E-state index contributed by atoms with van der Waals surface area (Å²) < 4.78 is 0. The van der Waals surface area contributed by atoms with Gasteiger partial charge in [0.1, 0.15) is 5.82 Å². The summed E-state index contributed by atoms with van der Waals surface area (Å²) in [5.41, 5.74) is 4.29. The SMILES string of the molecule is O=C(CC(c1ccccc1)c1ccccc1)NCCc1nc2ccccc2[nH]1. The highest BCUT2D eigenvalue weighted by Crippen LogP contribution is 2.27. The molecule has 0 spiro atoms. The maximum absolute atomic E-state index is 12.6. The Hall–Kier alpha value is -3.40. The van der Waals surface area contributed by atoms with Crippen molar-refractivity contribution in [1.29, 1.82) is 0 Å². The van der Waals surface area contributed by atoms with Crippen LogP contribution in [0.2, 0.25) is 0 Å². The van der Waals surface area contributed by atoms with Crippen LogP contribution in [0.3, 0.4) is 0 Å². The van der Waals surface area contributed by atoms with Crippen LogP contribution in [0.1, 0.15) is 29.3 Å². The van der Waals surface area contributed by atoms with Crippen LogP contribution in [0, 0.1) is 0 Å². The average molecular weight is 369 g/mol. The molecule has 0 atom stereocenters. The highest BCUT2D eigenvalue weighted by molar-refractivity contribution is 5.77. The molecule has 2 N–H and O–H groups in total. The zero-order valence-corrected chi connectivity index (χ0v) is 15.6. The second-order valence-electron chi connectivity index (χ2n) is 6.88. The lowest BCUT2D eigenvalue weighted by Gasteiger charge is -2.17. The van der Waals surface area contributed by atoms with E-state index in [1.54, 1.807) is 0 Å². The molecular formula is C24H23N3O. The van der Waals surface area contributed by atoms with Crippen LogP contribution in [0.4, 0.5) is 0 Å². The first-order valence-electron chi connectivity index (χ1n) is 9.60. The number of hydrogen-bond acceptors (Lipinski definition) is 2. The first-order chi connectivity index (χ1) is 13.8. The number of aromatic amines is 1. The van der Waals surface area contributed by atoms with Crippen LogP contribution in [0.5, 0.6) is 0 Å². The van der Waals surface area contributed by atoms with Crippen LogP contribution in [0.15, 0.2) is 84.9 Å². The number of hydrogen-bond donors (Lipinski definition) is 2. The second-order valence-corrected chi connectivity index (χ2v) is 6.88. The van der Waals surface area contributed by atoms with Gasteiger partial charge in [0.05, 0.1) is 11.0 Å². The third-order valence-corrected chi connectivity index (χ3v) is 4.92. The lowest BCUT2D eigenvalue weighted by Crippen LogP contribution is -2.27. The second kappa shape index (κ2) is 8.53. The fraction of sp³-hybridized carbons (Fsp3) is 0.167. The van der Waals surface area contributed by atoms with E-state index in [0.29, 0.717) is 19.4 Å². The van der Waals surface area contributed by atoms with Crippen LogP contribution in [-0.2, 0) is 11.2 Å². The topological polar surface area (TPSA) is 57.8 Å². The first-order valence-corrected chi connectivity index (χ1v) is 9.60. The maximum Gasteiger partial charge on any atom is 0.220 e. The molecule has 0 aliphatic rings. The predicted octanol–water partition coefficient (Wildman–Crippen LogP) is 4.44. The molecule has 0 radical (unpaired) electrons. The molecular weight excluding hydrogens is 346 g/mol. The van der Waals surface area contributed by atoms with Crippen molar-refractivity contribution in [3.63, 3.8) is 0 Å². The molecule has 0 unspecified atom stereocenters. The molecule has 0 fully saturated rings. The summed E-state index contributed by atoms with van der Waals surface area (Å²) >= 11 is 0. The number of fused-ring (bicyclic) bond motifs is 1. The van der Waals surface area contributed by atoms with E-state index in [-0.39, 0.29) is 11.8 Å². The zero-order chi connectivity index (χ0) is 19.2. The van der Waals surface area contributed by atoms with Gasteiger partial charge in [-0.2, -0.15) is 0 Å². The van der Waals surface area contributed by atoms with Gasteiger partial charge in [0.25, 0.3) is 0 Å². The van der Waals surface area contributed by atoms with Crippen molar-refractivity contribution in [1.82, 2.24) is 15.3 Å². The zero-order valence-electron chi connectivity index (χ0n) is 15.6. The lowest BCUT2D eigenvalue weighted by atomic mass is 9.88. The monoisotopic (exact) mass is 369 g/mol. The van der Waals surface area contributed by atoms with Crippen molar-refractivity contribution in [3.05, 3.63) is 102 Å². The maximum atomic E-state index is 12.6. The molecule has 4 nitrogen and oxygen atoms in total. The van der Waals surface area contributed by atoms with Crippen molar-refractivity contribution in [3.8, 4) is 0 Å². The number of carbonyl (C=O) groups is 1. The molecule has 28 heavy (non-hydrogen) atoms. The Morgan fingerprint density at radius 2 is 1.46 bits per heavy atom. The van der Waals surface area contributed by atoms with Crippen molar-refractivity contribution >= 4 is 16.9 Å². The highest BCUT2D eigenvalue weighted by atomic mass is 16.1. The summed E-state index contributed by atoms with van der Waals surface area (Å²) in [5.74, 6) is 0.992. The Kier molecular flexibility index (Phi) is 5.48. The summed E-state index contributed by atoms with van der Waals surface area (Å²) in [6, 6.07) is 28.4. The molecule has 0 aliphatic carbocycles. The lowest BCUT2D eigenvalue weighted by molar-refractivity contribution is -0.121. The van der Waals surface area contributed by atoms with Gasteiger partial charge >= 0.3 is 0 Å². The van der Waals surface area contributed by atoms with Gasteiger partial charge in [0, 0.05) is 25.3 Å². The quantitative estimate of drug-likeness (QED) is 0.506. The van der Waals surface area contributed by atoms with Gasteiger partial charge in [-0.15, -0.1) is 0 Å². The molecule has 4 rings (SSSR count). The highest BCUT2D eigenvalue weighted by Gasteiger charge is 2.17. The number of carbonyl (C=O) groups excluding carboxylic acids is 1. The number of amides is 1. The van der Waals surface area contributed by atoms with E-state index in [2.05, 4.69) is 39.6 Å². The number of benzene rings is 3. The van der Waals surface area contributed by atoms with Crippen LogP contribution in [-0.4, -0.2) is 22.4 Å². The molecule has 0 bridgehead atoms. The van der Waals surface area contributed by atoms with Crippen molar-refractivity contribution in [2.45, 2.75) is 18.8 Å². The third-order valence-electron chi connectivity index (χ3n) is 4.92. The van der Waals surface area contributed by atoms with Gasteiger partial charge in [-0.3, -0.25) is 4.79 Å². The van der Waals surface area contributed by atoms with E-state index < -0.39 is 0 Å². The minimum atomic E-state index is 0.0496. The molecule has 1 heterocycles. The van der Waals surface area contributed by atoms with Crippen LogP contribution >= 0.6 is 0 Å². The third kappa shape index (κ3) is 4.29. The Morgan fingerprint density at radius 3 is 2.11 bits per heavy atom. The van der Waals surface area contributed by atoms with Gasteiger partial charge < -0.3 is 10.3 Å². The van der Waals surface area contributed by atoms with E-state index >= 15 is 0 Å². The molecule has 140 valence electrons. The molecule has 0 aliphatic heterocycles. The van der Waals surface area contributed by atoms with Gasteiger partial charge in [-0.05, 0) is 23.3 Å². The average Bonchev–Trinajstić information content (AvgIpc) is 3.16. The number of H-pyrrole nitrogens is 1. The van der Waals surface area contributed by atoms with Gasteiger partial charge in [0.2, 0.25) is 5.91 Å². The number of aromatic nitrogens is 2. The fourth-order valence-electron chi connectivity index (χ4n) is 3.50. The Labute approximate surface area is 164 Å². The molecule has 0 saturated heterocycles. The molecule has 4 heteroatoms.